The zero-order valence-electron chi connectivity index (χ0n) is 37.9. The van der Waals surface area contributed by atoms with E-state index in [0.29, 0.717) is 49.8 Å². The van der Waals surface area contributed by atoms with Gasteiger partial charge in [0.25, 0.3) is 0 Å². The highest BCUT2D eigenvalue weighted by atomic mass is 16.3. The van der Waals surface area contributed by atoms with Gasteiger partial charge in [-0.05, 0) is 86.7 Å². The average Bonchev–Trinajstić information content (AvgIpc) is 3.72. The summed E-state index contributed by atoms with van der Waals surface area (Å²) in [6, 6.07) is 46.9. The quantitative estimate of drug-likeness (QED) is 0.165. The first-order chi connectivity index (χ1) is 30.5. The Morgan fingerprint density at radius 3 is 1.56 bits per heavy atom. The molecule has 0 N–H and O–H groups in total. The van der Waals surface area contributed by atoms with Crippen molar-refractivity contribution in [2.45, 2.75) is 0 Å². The molecule has 254 valence electrons. The molecule has 54 heavy (non-hydrogen) atoms. The molecule has 0 aliphatic carbocycles. The number of anilines is 3. The van der Waals surface area contributed by atoms with Crippen molar-refractivity contribution in [3.8, 4) is 44.5 Å². The second-order valence-corrected chi connectivity index (χ2v) is 13.0. The van der Waals surface area contributed by atoms with E-state index in [4.69, 9.17) is 11.3 Å². The summed E-state index contributed by atoms with van der Waals surface area (Å²) in [6.07, 6.45) is 0. The number of para-hydroxylation sites is 1. The Morgan fingerprint density at radius 2 is 0.926 bits per heavy atom. The smallest absolute Gasteiger partial charge is 0.143 e. The molecule has 0 amide bonds. The molecule has 10 rings (SSSR count). The van der Waals surface area contributed by atoms with Gasteiger partial charge in [-0.25, -0.2) is 0 Å². The van der Waals surface area contributed by atoms with Crippen LogP contribution in [0, 0.1) is 0 Å². The molecule has 0 unspecified atom stereocenters. The summed E-state index contributed by atoms with van der Waals surface area (Å²) in [7, 11) is 0. The molecule has 1 heterocycles. The topological polar surface area (TPSA) is 16.4 Å². The molecule has 2 nitrogen and oxygen atoms in total. The van der Waals surface area contributed by atoms with E-state index >= 15 is 0 Å². The summed E-state index contributed by atoms with van der Waals surface area (Å²) in [4.78, 5) is 1.77. The summed E-state index contributed by atoms with van der Waals surface area (Å²) >= 11 is 0. The van der Waals surface area contributed by atoms with Crippen LogP contribution in [0.2, 0.25) is 0 Å². The molecule has 0 atom stereocenters. The van der Waals surface area contributed by atoms with Crippen molar-refractivity contribution in [3.63, 3.8) is 0 Å². The molecule has 0 radical (unpaired) electrons. The predicted octanol–water partition coefficient (Wildman–Crippen LogP) is 14.9. The van der Waals surface area contributed by atoms with Gasteiger partial charge in [-0.3, -0.25) is 0 Å². The Hall–Kier alpha value is -7.16. The largest absolute Gasteiger partial charge is 0.455 e. The van der Waals surface area contributed by atoms with Crippen molar-refractivity contribution in [1.29, 1.82) is 0 Å². The summed E-state index contributed by atoms with van der Waals surface area (Å²) in [5, 5.41) is 2.60. The Bertz CT molecular complexity index is 3280. The van der Waals surface area contributed by atoms with Gasteiger partial charge in [0.2, 0.25) is 0 Å². The van der Waals surface area contributed by atoms with E-state index in [0.717, 1.165) is 27.6 Å². The van der Waals surface area contributed by atoms with E-state index in [1.165, 1.54) is 0 Å². The van der Waals surface area contributed by atoms with Crippen LogP contribution in [0.25, 0.3) is 77.2 Å². The van der Waals surface area contributed by atoms with Gasteiger partial charge in [0, 0.05) is 38.8 Å². The minimum Gasteiger partial charge on any atom is -0.455 e. The third-order valence-electron chi connectivity index (χ3n) is 9.84. The molecular formula is C52H35NO. The van der Waals surface area contributed by atoms with Crippen LogP contribution in [0.4, 0.5) is 17.1 Å². The first-order valence-corrected chi connectivity index (χ1v) is 17.7. The summed E-state index contributed by atoms with van der Waals surface area (Å²) < 4.78 is 87.4. The van der Waals surface area contributed by atoms with Crippen LogP contribution >= 0.6 is 0 Å². The van der Waals surface area contributed by atoms with Gasteiger partial charge in [-0.2, -0.15) is 0 Å². The van der Waals surface area contributed by atoms with Crippen molar-refractivity contribution in [2.75, 3.05) is 4.90 Å². The lowest BCUT2D eigenvalue weighted by atomic mass is 9.94. The fraction of sp³-hybridized carbons (Fsp3) is 0. The van der Waals surface area contributed by atoms with Crippen molar-refractivity contribution in [3.05, 3.63) is 212 Å². The highest BCUT2D eigenvalue weighted by Gasteiger charge is 2.18. The molecule has 0 fully saturated rings. The lowest BCUT2D eigenvalue weighted by Crippen LogP contribution is -2.09. The normalized spacial score (nSPS) is 13.7. The zero-order valence-corrected chi connectivity index (χ0v) is 28.9. The summed E-state index contributed by atoms with van der Waals surface area (Å²) in [6.45, 7) is 0. The van der Waals surface area contributed by atoms with Crippen LogP contribution in [0.5, 0.6) is 0 Å². The molecule has 0 spiro atoms. The molecular weight excluding hydrogens is 655 g/mol. The van der Waals surface area contributed by atoms with E-state index in [1.807, 2.05) is 127 Å². The number of nitrogens with zero attached hydrogens (tertiary/aromatic N) is 1. The van der Waals surface area contributed by atoms with E-state index in [9.17, 15) is 5.48 Å². The summed E-state index contributed by atoms with van der Waals surface area (Å²) in [5.41, 5.74) is 7.12. The van der Waals surface area contributed by atoms with Gasteiger partial charge in [-0.15, -0.1) is 0 Å². The number of rotatable bonds is 7. The highest BCUT2D eigenvalue weighted by Crippen LogP contribution is 2.43. The van der Waals surface area contributed by atoms with Crippen molar-refractivity contribution in [1.82, 2.24) is 0 Å². The third-order valence-corrected chi connectivity index (χ3v) is 9.84. The molecule has 2 heteroatoms. The maximum atomic E-state index is 9.60. The Labute approximate surface area is 327 Å². The fourth-order valence-electron chi connectivity index (χ4n) is 7.28. The minimum atomic E-state index is -0.478. The van der Waals surface area contributed by atoms with Crippen LogP contribution in [0.1, 0.15) is 12.3 Å². The van der Waals surface area contributed by atoms with Gasteiger partial charge in [0.05, 0.1) is 12.3 Å². The fourth-order valence-corrected chi connectivity index (χ4v) is 7.28. The molecule has 9 aromatic carbocycles. The van der Waals surface area contributed by atoms with Crippen molar-refractivity contribution < 1.29 is 16.8 Å². The minimum absolute atomic E-state index is 0.0624. The van der Waals surface area contributed by atoms with E-state index in [1.54, 1.807) is 35.2 Å². The van der Waals surface area contributed by atoms with Crippen LogP contribution in [-0.4, -0.2) is 0 Å². The monoisotopic (exact) mass is 698 g/mol. The number of hydrogen-bond acceptors (Lipinski definition) is 2. The molecule has 0 bridgehead atoms. The third kappa shape index (κ3) is 5.62. The van der Waals surface area contributed by atoms with Gasteiger partial charge >= 0.3 is 0 Å². The first kappa shape index (κ1) is 23.4. The van der Waals surface area contributed by atoms with Crippen LogP contribution in [0.15, 0.2) is 217 Å². The van der Waals surface area contributed by atoms with Crippen LogP contribution < -0.4 is 4.90 Å². The predicted molar refractivity (Wildman–Crippen MR) is 228 cm³/mol. The zero-order chi connectivity index (χ0) is 43.7. The molecule has 1 aromatic heterocycles. The van der Waals surface area contributed by atoms with Gasteiger partial charge in [0.15, 0.2) is 0 Å². The van der Waals surface area contributed by atoms with E-state index in [-0.39, 0.29) is 53.1 Å². The molecule has 0 saturated carbocycles. The van der Waals surface area contributed by atoms with Crippen molar-refractivity contribution in [2.24, 2.45) is 0 Å². The Balaban J connectivity index is 1.16. The maximum Gasteiger partial charge on any atom is 0.143 e. The number of hydrogen-bond donors (Lipinski definition) is 0. The molecule has 0 aliphatic heterocycles. The van der Waals surface area contributed by atoms with Crippen LogP contribution in [0.3, 0.4) is 0 Å². The number of benzene rings is 9. The highest BCUT2D eigenvalue weighted by molar-refractivity contribution is 6.24. The number of furan rings is 1. The molecule has 0 saturated heterocycles. The second-order valence-electron chi connectivity index (χ2n) is 13.0. The van der Waals surface area contributed by atoms with E-state index in [2.05, 4.69) is 0 Å². The van der Waals surface area contributed by atoms with Crippen molar-refractivity contribution >= 4 is 49.8 Å². The van der Waals surface area contributed by atoms with Crippen LogP contribution in [-0.2, 0) is 0 Å². The first-order valence-electron chi connectivity index (χ1n) is 22.2. The maximum absolute atomic E-state index is 9.60. The van der Waals surface area contributed by atoms with Gasteiger partial charge in [-0.1, -0.05) is 170 Å². The number of fused-ring (bicyclic) bond motifs is 5. The Morgan fingerprint density at radius 1 is 0.370 bits per heavy atom. The average molecular weight is 699 g/mol. The molecule has 10 aromatic rings. The lowest BCUT2D eigenvalue weighted by molar-refractivity contribution is 0.670. The standard InChI is InChI=1S/C52H35NO/c1-4-12-36(13-5-1)38-22-29-43(30-23-38)53(44-31-24-39(25-32-44)37-14-6-2-7-15-37)45-33-26-41(27-34-45)47-20-11-21-48-51-49(54-52(47)48)35-28-42-18-10-19-46(50(42)51)40-16-8-3-9-17-40/h1-35H/i3D,8D,9D,16D,17D,26D,27D,33D,34D. The second kappa shape index (κ2) is 13.4. The van der Waals surface area contributed by atoms with Gasteiger partial charge in [0.1, 0.15) is 11.2 Å². The van der Waals surface area contributed by atoms with E-state index < -0.39 is 18.1 Å². The Kier molecular flexibility index (Phi) is 5.82. The van der Waals surface area contributed by atoms with Gasteiger partial charge < -0.3 is 9.32 Å². The SMILES string of the molecule is [2H]c1c([2H])c([2H])c(-c2cccc3ccc4oc5c(-c6c([2H])c([2H])c(N(c7ccc(-c8ccccc8)cc7)c7ccc(-c8ccccc8)cc7)c([2H])c6[2H])cccc5c4c23)c([2H])c1[2H]. The lowest BCUT2D eigenvalue weighted by Gasteiger charge is -2.26. The summed E-state index contributed by atoms with van der Waals surface area (Å²) in [5.74, 6) is 0. The molecule has 0 aliphatic rings.